The summed E-state index contributed by atoms with van der Waals surface area (Å²) in [5.74, 6) is 1.22. The second kappa shape index (κ2) is 8.49. The topological polar surface area (TPSA) is 95.4 Å². The minimum Gasteiger partial charge on any atom is -0.390 e. The Bertz CT molecular complexity index is 375. The van der Waals surface area contributed by atoms with Gasteiger partial charge in [-0.2, -0.15) is 0 Å². The van der Waals surface area contributed by atoms with E-state index in [-0.39, 0.29) is 12.7 Å². The fourth-order valence-corrected chi connectivity index (χ4v) is 2.26. The van der Waals surface area contributed by atoms with Gasteiger partial charge in [0.2, 0.25) is 0 Å². The van der Waals surface area contributed by atoms with Crippen LogP contribution in [0.15, 0.2) is 5.16 Å². The van der Waals surface area contributed by atoms with Crippen LogP contribution in [0.2, 0.25) is 0 Å². The van der Waals surface area contributed by atoms with Crippen LogP contribution in [0.25, 0.3) is 0 Å². The molecule has 1 aromatic rings. The van der Waals surface area contributed by atoms with E-state index in [9.17, 15) is 5.11 Å². The highest BCUT2D eigenvalue weighted by atomic mass is 32.2. The highest BCUT2D eigenvalue weighted by molar-refractivity contribution is 7.99. The number of ether oxygens (including phenoxy) is 2. The Hall–Kier alpha value is -0.670. The average Bonchev–Trinajstić information content (AvgIpc) is 2.75. The van der Waals surface area contributed by atoms with Crippen molar-refractivity contribution in [2.75, 3.05) is 26.1 Å². The van der Waals surface area contributed by atoms with Gasteiger partial charge in [0.05, 0.1) is 32.0 Å². The molecule has 0 aliphatic carbocycles. The monoisotopic (exact) mass is 290 g/mol. The highest BCUT2D eigenvalue weighted by Gasteiger charge is 2.12. The van der Waals surface area contributed by atoms with Crippen LogP contribution in [0.3, 0.4) is 0 Å². The Morgan fingerprint density at radius 3 is 2.74 bits per heavy atom. The Kier molecular flexibility index (Phi) is 7.32. The van der Waals surface area contributed by atoms with Gasteiger partial charge < -0.3 is 24.9 Å². The summed E-state index contributed by atoms with van der Waals surface area (Å²) in [6.07, 6.45) is -0.578. The van der Waals surface area contributed by atoms with Gasteiger partial charge in [-0.3, -0.25) is 0 Å². The second-order valence-electron chi connectivity index (χ2n) is 4.23. The van der Waals surface area contributed by atoms with Crippen molar-refractivity contribution in [1.29, 1.82) is 0 Å². The Morgan fingerprint density at radius 2 is 2.16 bits per heavy atom. The first-order valence-corrected chi connectivity index (χ1v) is 7.06. The van der Waals surface area contributed by atoms with Crippen molar-refractivity contribution in [3.63, 3.8) is 0 Å². The molecular formula is C11H22N4O3S. The van der Waals surface area contributed by atoms with Crippen LogP contribution >= 0.6 is 11.8 Å². The third-order valence-electron chi connectivity index (χ3n) is 2.49. The summed E-state index contributed by atoms with van der Waals surface area (Å²) in [6, 6.07) is 0. The minimum absolute atomic E-state index is 0.0247. The number of aliphatic hydroxyl groups is 1. The molecule has 0 aromatic carbocycles. The molecule has 8 heteroatoms. The maximum Gasteiger partial charge on any atom is 0.191 e. The van der Waals surface area contributed by atoms with Gasteiger partial charge in [0.1, 0.15) is 5.82 Å². The molecule has 2 unspecified atom stereocenters. The number of aliphatic hydroxyl groups excluding tert-OH is 1. The minimum atomic E-state index is -0.553. The molecule has 0 saturated heterocycles. The van der Waals surface area contributed by atoms with Crippen molar-refractivity contribution in [1.82, 2.24) is 14.8 Å². The van der Waals surface area contributed by atoms with Crippen LogP contribution < -0.4 is 5.73 Å². The first-order valence-electron chi connectivity index (χ1n) is 6.08. The van der Waals surface area contributed by atoms with E-state index in [2.05, 4.69) is 10.2 Å². The molecule has 0 fully saturated rings. The zero-order valence-corrected chi connectivity index (χ0v) is 12.4. The van der Waals surface area contributed by atoms with E-state index in [0.29, 0.717) is 18.9 Å². The normalized spacial score (nSPS) is 14.6. The summed E-state index contributed by atoms with van der Waals surface area (Å²) in [7, 11) is 3.48. The fraction of sp³-hybridized carbons (Fsp3) is 0.818. The number of rotatable bonds is 9. The quantitative estimate of drug-likeness (QED) is 0.607. The lowest BCUT2D eigenvalue weighted by atomic mass is 10.4. The Morgan fingerprint density at radius 1 is 1.42 bits per heavy atom. The molecule has 110 valence electrons. The smallest absolute Gasteiger partial charge is 0.191 e. The van der Waals surface area contributed by atoms with E-state index in [1.807, 2.05) is 18.5 Å². The van der Waals surface area contributed by atoms with Gasteiger partial charge in [0, 0.05) is 19.9 Å². The molecule has 2 atom stereocenters. The molecule has 0 radical (unpaired) electrons. The Labute approximate surface area is 117 Å². The standard InChI is InChI=1S/C11H22N4O3S/c1-8(5-17-3)18-6-9(16)7-19-11-14-13-10(4-12)15(11)2/h8-9,16H,4-7,12H2,1-3H3. The number of thioether (sulfide) groups is 1. The van der Waals surface area contributed by atoms with Gasteiger partial charge in [-0.15, -0.1) is 10.2 Å². The zero-order chi connectivity index (χ0) is 14.3. The van der Waals surface area contributed by atoms with E-state index < -0.39 is 6.10 Å². The molecular weight excluding hydrogens is 268 g/mol. The summed E-state index contributed by atoms with van der Waals surface area (Å²) in [6.45, 7) is 3.05. The molecule has 0 amide bonds. The highest BCUT2D eigenvalue weighted by Crippen LogP contribution is 2.16. The van der Waals surface area contributed by atoms with Gasteiger partial charge in [-0.1, -0.05) is 11.8 Å². The van der Waals surface area contributed by atoms with Crippen LogP contribution in [0.1, 0.15) is 12.7 Å². The lowest BCUT2D eigenvalue weighted by Crippen LogP contribution is -2.24. The SMILES string of the molecule is COCC(C)OCC(O)CSc1nnc(CN)n1C. The van der Waals surface area contributed by atoms with Crippen molar-refractivity contribution in [2.45, 2.75) is 30.8 Å². The van der Waals surface area contributed by atoms with Crippen LogP contribution in [-0.4, -0.2) is 58.2 Å². The lowest BCUT2D eigenvalue weighted by molar-refractivity contribution is -0.0257. The van der Waals surface area contributed by atoms with Crippen LogP contribution in [-0.2, 0) is 23.1 Å². The van der Waals surface area contributed by atoms with Crippen molar-refractivity contribution in [3.05, 3.63) is 5.82 Å². The second-order valence-corrected chi connectivity index (χ2v) is 5.21. The number of nitrogens with two attached hydrogens (primary N) is 1. The number of nitrogens with zero attached hydrogens (tertiary/aromatic N) is 3. The molecule has 1 heterocycles. The molecule has 19 heavy (non-hydrogen) atoms. The first-order chi connectivity index (χ1) is 9.08. The van der Waals surface area contributed by atoms with E-state index in [0.717, 1.165) is 11.0 Å². The fourth-order valence-electron chi connectivity index (χ4n) is 1.43. The van der Waals surface area contributed by atoms with Crippen molar-refractivity contribution >= 4 is 11.8 Å². The van der Waals surface area contributed by atoms with Crippen LogP contribution in [0, 0.1) is 0 Å². The number of aromatic nitrogens is 3. The maximum absolute atomic E-state index is 9.81. The summed E-state index contributed by atoms with van der Waals surface area (Å²) in [5.41, 5.74) is 5.52. The van der Waals surface area contributed by atoms with Gasteiger partial charge in [0.15, 0.2) is 5.16 Å². The number of methoxy groups -OCH3 is 1. The van der Waals surface area contributed by atoms with Gasteiger partial charge in [0.25, 0.3) is 0 Å². The van der Waals surface area contributed by atoms with Gasteiger partial charge >= 0.3 is 0 Å². The van der Waals surface area contributed by atoms with Gasteiger partial charge in [-0.05, 0) is 6.92 Å². The molecule has 1 rings (SSSR count). The predicted molar refractivity (Wildman–Crippen MR) is 72.9 cm³/mol. The lowest BCUT2D eigenvalue weighted by Gasteiger charge is -2.15. The third-order valence-corrected chi connectivity index (χ3v) is 3.65. The molecule has 0 spiro atoms. The predicted octanol–water partition coefficient (Wildman–Crippen LogP) is -0.222. The van der Waals surface area contributed by atoms with E-state index >= 15 is 0 Å². The molecule has 0 bridgehead atoms. The van der Waals surface area contributed by atoms with Crippen LogP contribution in [0.4, 0.5) is 0 Å². The summed E-state index contributed by atoms with van der Waals surface area (Å²) in [5, 5.41) is 18.5. The summed E-state index contributed by atoms with van der Waals surface area (Å²) < 4.78 is 12.2. The molecule has 0 saturated carbocycles. The van der Waals surface area contributed by atoms with Crippen molar-refractivity contribution < 1.29 is 14.6 Å². The van der Waals surface area contributed by atoms with Crippen molar-refractivity contribution in [2.24, 2.45) is 12.8 Å². The molecule has 7 nitrogen and oxygen atoms in total. The largest absolute Gasteiger partial charge is 0.390 e. The maximum atomic E-state index is 9.81. The van der Waals surface area contributed by atoms with E-state index in [1.165, 1.54) is 11.8 Å². The summed E-state index contributed by atoms with van der Waals surface area (Å²) in [4.78, 5) is 0. The van der Waals surface area contributed by atoms with E-state index in [1.54, 1.807) is 7.11 Å². The molecule has 1 aromatic heterocycles. The van der Waals surface area contributed by atoms with Crippen LogP contribution in [0.5, 0.6) is 0 Å². The van der Waals surface area contributed by atoms with Gasteiger partial charge in [-0.25, -0.2) is 0 Å². The number of hydrogen-bond donors (Lipinski definition) is 2. The molecule has 3 N–H and O–H groups in total. The summed E-state index contributed by atoms with van der Waals surface area (Å²) >= 11 is 1.43. The zero-order valence-electron chi connectivity index (χ0n) is 11.6. The molecule has 0 aliphatic heterocycles. The number of hydrogen-bond acceptors (Lipinski definition) is 7. The third kappa shape index (κ3) is 5.45. The average molecular weight is 290 g/mol. The van der Waals surface area contributed by atoms with E-state index in [4.69, 9.17) is 15.2 Å². The first kappa shape index (κ1) is 16.4. The molecule has 0 aliphatic rings. The van der Waals surface area contributed by atoms with Crippen molar-refractivity contribution in [3.8, 4) is 0 Å². The Balaban J connectivity index is 2.29.